The Labute approximate surface area is 119 Å². The van der Waals surface area contributed by atoms with Crippen molar-refractivity contribution < 1.29 is 17.9 Å². The van der Waals surface area contributed by atoms with Crippen molar-refractivity contribution >= 4 is 15.7 Å². The first-order valence-electron chi connectivity index (χ1n) is 6.61. The monoisotopic (exact) mass is 297 g/mol. The van der Waals surface area contributed by atoms with Gasteiger partial charge in [-0.1, -0.05) is 12.1 Å². The van der Waals surface area contributed by atoms with Crippen molar-refractivity contribution in [1.82, 2.24) is 5.32 Å². The molecule has 0 bridgehead atoms. The summed E-state index contributed by atoms with van der Waals surface area (Å²) in [5.41, 5.74) is 0.180. The van der Waals surface area contributed by atoms with Gasteiger partial charge < -0.3 is 10.1 Å². The Morgan fingerprint density at radius 2 is 2.10 bits per heavy atom. The lowest BCUT2D eigenvalue weighted by atomic mass is 10.1. The van der Waals surface area contributed by atoms with Crippen LogP contribution in [0.2, 0.25) is 0 Å². The molecule has 0 radical (unpaired) electrons. The van der Waals surface area contributed by atoms with E-state index in [-0.39, 0.29) is 28.5 Å². The van der Waals surface area contributed by atoms with Crippen molar-refractivity contribution in [1.29, 1.82) is 0 Å². The van der Waals surface area contributed by atoms with Crippen LogP contribution in [0.4, 0.5) is 0 Å². The third-order valence-corrected chi connectivity index (χ3v) is 4.57. The first-order valence-corrected chi connectivity index (χ1v) is 8.50. The SMILES string of the molecule is C[C@@H](NC(=O)c1ccccc1S(C)(=O)=O)[C@@H]1CCCO1. The second-order valence-corrected chi connectivity index (χ2v) is 7.07. The molecule has 110 valence electrons. The minimum absolute atomic E-state index is 0.00402. The average Bonchev–Trinajstić information content (AvgIpc) is 2.91. The van der Waals surface area contributed by atoms with Crippen LogP contribution < -0.4 is 5.32 Å². The molecule has 0 unspecified atom stereocenters. The number of rotatable bonds is 4. The highest BCUT2D eigenvalue weighted by Crippen LogP contribution is 2.18. The summed E-state index contributed by atoms with van der Waals surface area (Å²) in [5, 5.41) is 2.82. The first-order chi connectivity index (χ1) is 9.39. The molecule has 20 heavy (non-hydrogen) atoms. The van der Waals surface area contributed by atoms with E-state index in [0.29, 0.717) is 6.61 Å². The Kier molecular flexibility index (Phi) is 4.45. The summed E-state index contributed by atoms with van der Waals surface area (Å²) in [6, 6.07) is 6.09. The average molecular weight is 297 g/mol. The van der Waals surface area contributed by atoms with E-state index in [1.54, 1.807) is 12.1 Å². The molecule has 0 spiro atoms. The largest absolute Gasteiger partial charge is 0.376 e. The topological polar surface area (TPSA) is 72.5 Å². The van der Waals surface area contributed by atoms with Gasteiger partial charge in [-0.3, -0.25) is 4.79 Å². The van der Waals surface area contributed by atoms with Crippen molar-refractivity contribution in [2.24, 2.45) is 0 Å². The highest BCUT2D eigenvalue weighted by molar-refractivity contribution is 7.90. The molecule has 1 fully saturated rings. The minimum atomic E-state index is -3.43. The van der Waals surface area contributed by atoms with Crippen molar-refractivity contribution in [2.45, 2.75) is 36.8 Å². The summed E-state index contributed by atoms with van der Waals surface area (Å²) >= 11 is 0. The zero-order chi connectivity index (χ0) is 14.8. The van der Waals surface area contributed by atoms with Crippen molar-refractivity contribution in [2.75, 3.05) is 12.9 Å². The summed E-state index contributed by atoms with van der Waals surface area (Å²) in [6.07, 6.45) is 3.01. The fourth-order valence-corrected chi connectivity index (χ4v) is 3.24. The number of sulfone groups is 1. The van der Waals surface area contributed by atoms with Gasteiger partial charge in [0.05, 0.1) is 22.6 Å². The predicted octanol–water partition coefficient (Wildman–Crippen LogP) is 1.39. The summed E-state index contributed by atoms with van der Waals surface area (Å²) in [7, 11) is -3.43. The standard InChI is InChI=1S/C14H19NO4S/c1-10(12-7-5-9-19-12)15-14(16)11-6-3-4-8-13(11)20(2,17)18/h3-4,6,8,10,12H,5,7,9H2,1-2H3,(H,15,16)/t10-,12+/m1/s1. The van der Waals surface area contributed by atoms with E-state index in [1.165, 1.54) is 12.1 Å². The van der Waals surface area contributed by atoms with Gasteiger partial charge in [-0.2, -0.15) is 0 Å². The molecule has 0 aliphatic carbocycles. The molecule has 1 aliphatic rings. The minimum Gasteiger partial charge on any atom is -0.376 e. The third kappa shape index (κ3) is 3.37. The van der Waals surface area contributed by atoms with E-state index in [9.17, 15) is 13.2 Å². The first kappa shape index (κ1) is 15.0. The van der Waals surface area contributed by atoms with Gasteiger partial charge in [0.25, 0.3) is 5.91 Å². The normalized spacial score (nSPS) is 20.6. The van der Waals surface area contributed by atoms with Gasteiger partial charge in [-0.25, -0.2) is 8.42 Å². The van der Waals surface area contributed by atoms with E-state index in [2.05, 4.69) is 5.32 Å². The Bertz CT molecular complexity index is 591. The fourth-order valence-electron chi connectivity index (χ4n) is 2.35. The molecular weight excluding hydrogens is 278 g/mol. The zero-order valence-electron chi connectivity index (χ0n) is 11.6. The van der Waals surface area contributed by atoms with E-state index < -0.39 is 9.84 Å². The van der Waals surface area contributed by atoms with Gasteiger partial charge in [-0.05, 0) is 31.9 Å². The van der Waals surface area contributed by atoms with Crippen LogP contribution >= 0.6 is 0 Å². The number of carbonyl (C=O) groups excluding carboxylic acids is 1. The van der Waals surface area contributed by atoms with Gasteiger partial charge in [-0.15, -0.1) is 0 Å². The van der Waals surface area contributed by atoms with Crippen LogP contribution in [0.15, 0.2) is 29.2 Å². The molecule has 0 saturated carbocycles. The Morgan fingerprint density at radius 1 is 1.40 bits per heavy atom. The number of carbonyl (C=O) groups is 1. The molecule has 1 saturated heterocycles. The maximum Gasteiger partial charge on any atom is 0.252 e. The van der Waals surface area contributed by atoms with Crippen molar-refractivity contribution in [3.05, 3.63) is 29.8 Å². The molecule has 0 aromatic heterocycles. The van der Waals surface area contributed by atoms with Gasteiger partial charge in [0.1, 0.15) is 0 Å². The molecule has 5 nitrogen and oxygen atoms in total. The summed E-state index contributed by atoms with van der Waals surface area (Å²) in [5.74, 6) is -0.381. The molecule has 2 rings (SSSR count). The van der Waals surface area contributed by atoms with E-state index in [0.717, 1.165) is 19.1 Å². The van der Waals surface area contributed by atoms with Gasteiger partial charge in [0.2, 0.25) is 0 Å². The van der Waals surface area contributed by atoms with Crippen LogP contribution in [0.3, 0.4) is 0 Å². The summed E-state index contributed by atoms with van der Waals surface area (Å²) in [4.78, 5) is 12.3. The second-order valence-electron chi connectivity index (χ2n) is 5.08. The molecular formula is C14H19NO4S. The van der Waals surface area contributed by atoms with Crippen molar-refractivity contribution in [3.63, 3.8) is 0 Å². The Balaban J connectivity index is 2.17. The van der Waals surface area contributed by atoms with E-state index in [1.807, 2.05) is 6.92 Å². The number of ether oxygens (including phenoxy) is 1. The quantitative estimate of drug-likeness (QED) is 0.911. The predicted molar refractivity (Wildman–Crippen MR) is 75.5 cm³/mol. The molecule has 1 heterocycles. The second kappa shape index (κ2) is 5.93. The summed E-state index contributed by atoms with van der Waals surface area (Å²) < 4.78 is 28.9. The molecule has 1 amide bonds. The van der Waals surface area contributed by atoms with Crippen molar-refractivity contribution in [3.8, 4) is 0 Å². The highest BCUT2D eigenvalue weighted by Gasteiger charge is 2.25. The van der Waals surface area contributed by atoms with Crippen LogP contribution in [0, 0.1) is 0 Å². The Hall–Kier alpha value is -1.40. The molecule has 6 heteroatoms. The fraction of sp³-hybridized carbons (Fsp3) is 0.500. The van der Waals surface area contributed by atoms with E-state index >= 15 is 0 Å². The molecule has 2 atom stereocenters. The summed E-state index contributed by atoms with van der Waals surface area (Å²) in [6.45, 7) is 2.59. The number of hydrogen-bond donors (Lipinski definition) is 1. The zero-order valence-corrected chi connectivity index (χ0v) is 12.4. The molecule has 1 N–H and O–H groups in total. The lowest BCUT2D eigenvalue weighted by Crippen LogP contribution is -2.41. The van der Waals surface area contributed by atoms with Crippen LogP contribution in [0.1, 0.15) is 30.1 Å². The smallest absolute Gasteiger partial charge is 0.252 e. The van der Waals surface area contributed by atoms with Crippen LogP contribution in [-0.4, -0.2) is 39.3 Å². The lowest BCUT2D eigenvalue weighted by Gasteiger charge is -2.20. The van der Waals surface area contributed by atoms with Gasteiger partial charge in [0.15, 0.2) is 9.84 Å². The van der Waals surface area contributed by atoms with Crippen LogP contribution in [0.5, 0.6) is 0 Å². The lowest BCUT2D eigenvalue weighted by molar-refractivity contribution is 0.0710. The molecule has 1 aromatic rings. The van der Waals surface area contributed by atoms with Gasteiger partial charge >= 0.3 is 0 Å². The number of amides is 1. The van der Waals surface area contributed by atoms with E-state index in [4.69, 9.17) is 4.74 Å². The maximum absolute atomic E-state index is 12.2. The van der Waals surface area contributed by atoms with Crippen LogP contribution in [-0.2, 0) is 14.6 Å². The molecule has 1 aliphatic heterocycles. The van der Waals surface area contributed by atoms with Gasteiger partial charge in [0, 0.05) is 12.9 Å². The highest BCUT2D eigenvalue weighted by atomic mass is 32.2. The number of hydrogen-bond acceptors (Lipinski definition) is 4. The number of nitrogens with one attached hydrogen (secondary N) is 1. The Morgan fingerprint density at radius 3 is 2.70 bits per heavy atom. The van der Waals surface area contributed by atoms with Crippen LogP contribution in [0.25, 0.3) is 0 Å². The maximum atomic E-state index is 12.2. The number of benzene rings is 1. The molecule has 1 aromatic carbocycles. The third-order valence-electron chi connectivity index (χ3n) is 3.41.